The van der Waals surface area contributed by atoms with Crippen molar-refractivity contribution in [3.63, 3.8) is 0 Å². The minimum Gasteiger partial charge on any atom is -0.493 e. The van der Waals surface area contributed by atoms with E-state index in [0.717, 1.165) is 12.0 Å². The Hall–Kier alpha value is -3.03. The number of azo groups is 1. The maximum Gasteiger partial charge on any atom is 0.365 e. The first-order chi connectivity index (χ1) is 11.1. The van der Waals surface area contributed by atoms with Crippen LogP contribution in [0.1, 0.15) is 18.9 Å². The average Bonchev–Trinajstić information content (AvgIpc) is 2.56. The number of hydrogen-bond acceptors (Lipinski definition) is 6. The number of benzene rings is 1. The summed E-state index contributed by atoms with van der Waals surface area (Å²) in [6.45, 7) is 6.26. The first-order valence-corrected chi connectivity index (χ1v) is 6.98. The lowest BCUT2D eigenvalue weighted by atomic mass is 10.2. The van der Waals surface area contributed by atoms with E-state index in [1.54, 1.807) is 19.2 Å². The summed E-state index contributed by atoms with van der Waals surface area (Å²) in [5.41, 5.74) is 1.01. The van der Waals surface area contributed by atoms with E-state index >= 15 is 0 Å². The van der Waals surface area contributed by atoms with Crippen molar-refractivity contribution in [3.05, 3.63) is 36.0 Å². The molecule has 1 aromatic carbocycles. The van der Waals surface area contributed by atoms with Gasteiger partial charge in [-0.05, 0) is 30.2 Å². The van der Waals surface area contributed by atoms with Crippen LogP contribution in [-0.2, 0) is 0 Å². The maximum atomic E-state index is 11.1. The molecule has 0 radical (unpaired) electrons. The van der Waals surface area contributed by atoms with Crippen LogP contribution in [0.2, 0.25) is 0 Å². The summed E-state index contributed by atoms with van der Waals surface area (Å²) >= 11 is 0. The topological polar surface area (TPSA) is 97.0 Å². The number of rotatable bonds is 6. The van der Waals surface area contributed by atoms with Gasteiger partial charge in [0.15, 0.2) is 17.3 Å². The Morgan fingerprint density at radius 2 is 2.17 bits per heavy atom. The maximum absolute atomic E-state index is 11.1. The normalized spacial score (nSPS) is 16.0. The zero-order valence-electron chi connectivity index (χ0n) is 12.9. The van der Waals surface area contributed by atoms with E-state index in [9.17, 15) is 4.79 Å². The summed E-state index contributed by atoms with van der Waals surface area (Å²) in [6.07, 6.45) is 2.43. The first kappa shape index (κ1) is 16.3. The molecule has 1 heterocycles. The van der Waals surface area contributed by atoms with Gasteiger partial charge in [0.2, 0.25) is 0 Å². The van der Waals surface area contributed by atoms with E-state index in [2.05, 4.69) is 32.3 Å². The zero-order chi connectivity index (χ0) is 16.7. The predicted octanol–water partition coefficient (Wildman–Crippen LogP) is 2.91. The summed E-state index contributed by atoms with van der Waals surface area (Å²) in [5.74, 6) is 1.45. The lowest BCUT2D eigenvalue weighted by molar-refractivity contribution is 0.251. The molecule has 0 bridgehead atoms. The van der Waals surface area contributed by atoms with Crippen LogP contribution in [0.3, 0.4) is 0 Å². The second-order valence-electron chi connectivity index (χ2n) is 4.53. The van der Waals surface area contributed by atoms with Crippen LogP contribution in [0.15, 0.2) is 50.9 Å². The second kappa shape index (κ2) is 7.83. The molecule has 0 unspecified atom stereocenters. The largest absolute Gasteiger partial charge is 0.493 e. The summed E-state index contributed by atoms with van der Waals surface area (Å²) in [5, 5.41) is 17.0. The Kier molecular flexibility index (Phi) is 5.56. The number of hydrogen-bond donors (Lipinski definition) is 1. The van der Waals surface area contributed by atoms with Crippen molar-refractivity contribution >= 4 is 18.1 Å². The van der Waals surface area contributed by atoms with Gasteiger partial charge in [-0.25, -0.2) is 4.79 Å². The number of carbonyl (C=O) groups is 1. The highest BCUT2D eigenvalue weighted by Gasteiger charge is 2.14. The van der Waals surface area contributed by atoms with Gasteiger partial charge in [0, 0.05) is 0 Å². The van der Waals surface area contributed by atoms with Crippen LogP contribution in [0, 0.1) is 0 Å². The number of nitrogens with one attached hydrogen (secondary N) is 1. The predicted molar refractivity (Wildman–Crippen MR) is 86.3 cm³/mol. The molecule has 0 aliphatic carbocycles. The van der Waals surface area contributed by atoms with Gasteiger partial charge >= 0.3 is 6.03 Å². The van der Waals surface area contributed by atoms with Crippen molar-refractivity contribution in [2.75, 3.05) is 13.7 Å². The van der Waals surface area contributed by atoms with Crippen LogP contribution in [0.5, 0.6) is 11.5 Å². The molecule has 0 atom stereocenters. The molecule has 0 spiro atoms. The third-order valence-corrected chi connectivity index (χ3v) is 2.77. The molecule has 0 aromatic heterocycles. The van der Waals surface area contributed by atoms with E-state index in [1.807, 2.05) is 13.0 Å². The van der Waals surface area contributed by atoms with Crippen molar-refractivity contribution in [2.45, 2.75) is 13.3 Å². The van der Waals surface area contributed by atoms with Gasteiger partial charge < -0.3 is 9.47 Å². The Balaban J connectivity index is 2.12. The molecule has 2 rings (SSSR count). The van der Waals surface area contributed by atoms with E-state index in [-0.39, 0.29) is 11.5 Å². The molecule has 0 saturated heterocycles. The second-order valence-corrected chi connectivity index (χ2v) is 4.53. The molecule has 1 aliphatic heterocycles. The quantitative estimate of drug-likeness (QED) is 0.645. The third-order valence-electron chi connectivity index (χ3n) is 2.77. The van der Waals surface area contributed by atoms with Crippen LogP contribution < -0.4 is 14.8 Å². The number of nitrogens with zero attached hydrogens (tertiary/aromatic N) is 4. The Labute approximate surface area is 133 Å². The van der Waals surface area contributed by atoms with Crippen LogP contribution >= 0.6 is 0 Å². The molecule has 1 N–H and O–H groups in total. The van der Waals surface area contributed by atoms with Gasteiger partial charge in [-0.15, -0.1) is 10.2 Å². The molecule has 0 saturated carbocycles. The smallest absolute Gasteiger partial charge is 0.365 e. The van der Waals surface area contributed by atoms with Crippen LogP contribution in [-0.4, -0.2) is 31.8 Å². The molecule has 0 fully saturated rings. The number of amides is 2. The lowest BCUT2D eigenvalue weighted by Crippen LogP contribution is -2.31. The van der Waals surface area contributed by atoms with Gasteiger partial charge in [-0.2, -0.15) is 5.10 Å². The van der Waals surface area contributed by atoms with Gasteiger partial charge in [0.25, 0.3) is 0 Å². The molecule has 120 valence electrons. The fourth-order valence-corrected chi connectivity index (χ4v) is 1.68. The number of carbonyl (C=O) groups excluding carboxylic acids is 1. The molecule has 2 amide bonds. The fourth-order valence-electron chi connectivity index (χ4n) is 1.68. The lowest BCUT2D eigenvalue weighted by Gasteiger charge is -2.10. The van der Waals surface area contributed by atoms with E-state index in [4.69, 9.17) is 9.47 Å². The Morgan fingerprint density at radius 1 is 1.35 bits per heavy atom. The van der Waals surface area contributed by atoms with Crippen molar-refractivity contribution in [1.29, 1.82) is 0 Å². The molecule has 8 heteroatoms. The van der Waals surface area contributed by atoms with Crippen molar-refractivity contribution < 1.29 is 14.3 Å². The van der Waals surface area contributed by atoms with Crippen molar-refractivity contribution in [1.82, 2.24) is 5.32 Å². The van der Waals surface area contributed by atoms with Gasteiger partial charge in [0.1, 0.15) is 5.70 Å². The summed E-state index contributed by atoms with van der Waals surface area (Å²) in [4.78, 5) is 11.1. The van der Waals surface area contributed by atoms with E-state index in [1.165, 1.54) is 6.21 Å². The molecule has 23 heavy (non-hydrogen) atoms. The molecule has 1 aliphatic rings. The number of methoxy groups -OCH3 is 1. The van der Waals surface area contributed by atoms with E-state index in [0.29, 0.717) is 18.1 Å². The molecule has 1 aromatic rings. The van der Waals surface area contributed by atoms with Gasteiger partial charge in [0.05, 0.1) is 19.9 Å². The minimum absolute atomic E-state index is 0.163. The minimum atomic E-state index is -0.606. The van der Waals surface area contributed by atoms with Crippen molar-refractivity contribution in [3.8, 4) is 11.5 Å². The van der Waals surface area contributed by atoms with Gasteiger partial charge in [-0.3, -0.25) is 5.32 Å². The summed E-state index contributed by atoms with van der Waals surface area (Å²) in [7, 11) is 1.57. The SMILES string of the molecule is C=C1N=NC(=O)N/C1=N/N=C/c1ccc(OCCC)c(OC)c1. The highest BCUT2D eigenvalue weighted by Crippen LogP contribution is 2.27. The van der Waals surface area contributed by atoms with E-state index < -0.39 is 6.03 Å². The average molecular weight is 315 g/mol. The van der Waals surface area contributed by atoms with Crippen LogP contribution in [0.25, 0.3) is 0 Å². The first-order valence-electron chi connectivity index (χ1n) is 6.98. The standard InChI is InChI=1S/C15H17N5O3/c1-4-7-23-12-6-5-11(8-13(12)22-3)9-16-19-14-10(2)18-20-15(21)17-14/h5-6,8-9H,2,4,7H2,1,3H3,(H,17,19,21)/b16-9+. The fraction of sp³-hybridized carbons (Fsp3) is 0.267. The Morgan fingerprint density at radius 3 is 2.91 bits per heavy atom. The summed E-state index contributed by atoms with van der Waals surface area (Å²) < 4.78 is 10.9. The highest BCUT2D eigenvalue weighted by atomic mass is 16.5. The number of amidine groups is 1. The van der Waals surface area contributed by atoms with Crippen LogP contribution in [0.4, 0.5) is 4.79 Å². The van der Waals surface area contributed by atoms with Crippen molar-refractivity contribution in [2.24, 2.45) is 20.4 Å². The molecular weight excluding hydrogens is 298 g/mol. The number of urea groups is 1. The number of ether oxygens (including phenoxy) is 2. The van der Waals surface area contributed by atoms with Gasteiger partial charge in [-0.1, -0.05) is 18.6 Å². The zero-order valence-corrected chi connectivity index (χ0v) is 12.9. The summed E-state index contributed by atoms with van der Waals surface area (Å²) in [6, 6.07) is 4.80. The third kappa shape index (κ3) is 4.47. The Bertz CT molecular complexity index is 694. The molecule has 8 nitrogen and oxygen atoms in total. The highest BCUT2D eigenvalue weighted by molar-refractivity contribution is 6.08. The molecular formula is C15H17N5O3. The monoisotopic (exact) mass is 315 g/mol.